The number of anilines is 2. The van der Waals surface area contributed by atoms with Crippen LogP contribution in [0.25, 0.3) is 0 Å². The maximum atomic E-state index is 13.4. The highest BCUT2D eigenvalue weighted by atomic mass is 35.5. The number of nitrogens with one attached hydrogen (secondary N) is 1. The van der Waals surface area contributed by atoms with Crippen LogP contribution in [0.4, 0.5) is 11.4 Å². The van der Waals surface area contributed by atoms with Gasteiger partial charge in [-0.15, -0.1) is 0 Å². The third-order valence-corrected chi connectivity index (χ3v) is 6.69. The van der Waals surface area contributed by atoms with E-state index in [0.29, 0.717) is 47.2 Å². The molecular weight excluding hydrogens is 447 g/mol. The minimum absolute atomic E-state index is 0.00943. The summed E-state index contributed by atoms with van der Waals surface area (Å²) in [5.74, 6) is -1.10. The van der Waals surface area contributed by atoms with E-state index < -0.39 is 11.5 Å². The van der Waals surface area contributed by atoms with Gasteiger partial charge in [0.15, 0.2) is 0 Å². The molecule has 1 fully saturated rings. The van der Waals surface area contributed by atoms with E-state index in [-0.39, 0.29) is 17.7 Å². The molecule has 172 valence electrons. The number of likely N-dealkylation sites (tertiary alicyclic amines) is 1. The van der Waals surface area contributed by atoms with Gasteiger partial charge in [0.25, 0.3) is 0 Å². The normalized spacial score (nSPS) is 18.6. The Morgan fingerprint density at radius 3 is 2.38 bits per heavy atom. The van der Waals surface area contributed by atoms with E-state index in [1.807, 2.05) is 24.3 Å². The van der Waals surface area contributed by atoms with Crippen LogP contribution in [0.1, 0.15) is 52.0 Å². The molecule has 1 aliphatic rings. The van der Waals surface area contributed by atoms with Crippen LogP contribution in [0.5, 0.6) is 0 Å². The van der Waals surface area contributed by atoms with Gasteiger partial charge < -0.3 is 15.3 Å². The SMILES string of the molecule is CC(C)(C)CCC1(C(=O)O)CCCN1C(=O)Cc1ccccc1Nc1c(Cl)cccc1Cl. The number of aliphatic carboxylic acids is 1. The smallest absolute Gasteiger partial charge is 0.329 e. The summed E-state index contributed by atoms with van der Waals surface area (Å²) in [6, 6.07) is 12.7. The molecule has 0 radical (unpaired) electrons. The van der Waals surface area contributed by atoms with Crippen molar-refractivity contribution in [3.63, 3.8) is 0 Å². The fraction of sp³-hybridized carbons (Fsp3) is 0.440. The minimum Gasteiger partial charge on any atom is -0.479 e. The lowest BCUT2D eigenvalue weighted by molar-refractivity contribution is -0.157. The van der Waals surface area contributed by atoms with Gasteiger partial charge in [0.05, 0.1) is 22.2 Å². The summed E-state index contributed by atoms with van der Waals surface area (Å²) >= 11 is 12.6. The molecule has 3 rings (SSSR count). The van der Waals surface area contributed by atoms with Crippen LogP contribution < -0.4 is 5.32 Å². The van der Waals surface area contributed by atoms with Gasteiger partial charge in [-0.2, -0.15) is 0 Å². The van der Waals surface area contributed by atoms with E-state index in [9.17, 15) is 14.7 Å². The third kappa shape index (κ3) is 5.38. The van der Waals surface area contributed by atoms with Gasteiger partial charge >= 0.3 is 5.97 Å². The van der Waals surface area contributed by atoms with Crippen molar-refractivity contribution in [2.24, 2.45) is 5.41 Å². The van der Waals surface area contributed by atoms with E-state index in [2.05, 4.69) is 26.1 Å². The molecule has 5 nitrogen and oxygen atoms in total. The number of carbonyl (C=O) groups excluding carboxylic acids is 1. The van der Waals surface area contributed by atoms with Crippen LogP contribution in [-0.2, 0) is 16.0 Å². The number of halogens is 2. The van der Waals surface area contributed by atoms with Crippen LogP contribution in [0.15, 0.2) is 42.5 Å². The number of amides is 1. The summed E-state index contributed by atoms with van der Waals surface area (Å²) in [6.07, 6.45) is 2.45. The quantitative estimate of drug-likeness (QED) is 0.474. The van der Waals surface area contributed by atoms with Crippen molar-refractivity contribution in [3.8, 4) is 0 Å². The molecule has 32 heavy (non-hydrogen) atoms. The molecule has 7 heteroatoms. The number of hydrogen-bond acceptors (Lipinski definition) is 3. The Labute approximate surface area is 199 Å². The van der Waals surface area contributed by atoms with Gasteiger partial charge in [-0.3, -0.25) is 4.79 Å². The van der Waals surface area contributed by atoms with E-state index >= 15 is 0 Å². The van der Waals surface area contributed by atoms with E-state index in [0.717, 1.165) is 12.0 Å². The molecule has 1 aliphatic heterocycles. The zero-order chi connectivity index (χ0) is 23.5. The first-order chi connectivity index (χ1) is 15.0. The number of hydrogen-bond donors (Lipinski definition) is 2. The number of rotatable bonds is 7. The predicted octanol–water partition coefficient (Wildman–Crippen LogP) is 6.55. The second-order valence-corrected chi connectivity index (χ2v) is 10.4. The van der Waals surface area contributed by atoms with Crippen LogP contribution in [0, 0.1) is 5.41 Å². The highest BCUT2D eigenvalue weighted by Crippen LogP contribution is 2.38. The second-order valence-electron chi connectivity index (χ2n) is 9.60. The number of carbonyl (C=O) groups is 2. The average molecular weight is 477 g/mol. The highest BCUT2D eigenvalue weighted by molar-refractivity contribution is 6.39. The molecular formula is C25H30Cl2N2O3. The summed E-state index contributed by atoms with van der Waals surface area (Å²) in [6.45, 7) is 6.73. The Morgan fingerprint density at radius 2 is 1.75 bits per heavy atom. The van der Waals surface area contributed by atoms with Gasteiger partial charge in [-0.05, 0) is 54.9 Å². The summed E-state index contributed by atoms with van der Waals surface area (Å²) in [4.78, 5) is 27.3. The first kappa shape index (κ1) is 24.4. The molecule has 1 unspecified atom stereocenters. The molecule has 1 heterocycles. The van der Waals surface area contributed by atoms with Gasteiger partial charge in [-0.1, -0.05) is 68.2 Å². The molecule has 0 aliphatic carbocycles. The molecule has 1 atom stereocenters. The Balaban J connectivity index is 1.84. The van der Waals surface area contributed by atoms with Crippen molar-refractivity contribution in [2.45, 2.75) is 58.4 Å². The summed E-state index contributed by atoms with van der Waals surface area (Å²) in [5, 5.41) is 14.3. The fourth-order valence-corrected chi connectivity index (χ4v) is 4.71. The topological polar surface area (TPSA) is 69.6 Å². The summed E-state index contributed by atoms with van der Waals surface area (Å²) < 4.78 is 0. The zero-order valence-electron chi connectivity index (χ0n) is 18.8. The number of nitrogens with zero attached hydrogens (tertiary/aromatic N) is 1. The van der Waals surface area contributed by atoms with Gasteiger partial charge in [-0.25, -0.2) is 4.79 Å². The van der Waals surface area contributed by atoms with Crippen LogP contribution in [0.3, 0.4) is 0 Å². The lowest BCUT2D eigenvalue weighted by Gasteiger charge is -2.37. The molecule has 0 bridgehead atoms. The van der Waals surface area contributed by atoms with Crippen LogP contribution >= 0.6 is 23.2 Å². The van der Waals surface area contributed by atoms with Crippen molar-refractivity contribution in [3.05, 3.63) is 58.1 Å². The first-order valence-electron chi connectivity index (χ1n) is 10.9. The third-order valence-electron chi connectivity index (χ3n) is 6.06. The Bertz CT molecular complexity index is 983. The van der Waals surface area contributed by atoms with Gasteiger partial charge in [0, 0.05) is 12.2 Å². The maximum Gasteiger partial charge on any atom is 0.329 e. The second kappa shape index (κ2) is 9.72. The monoisotopic (exact) mass is 476 g/mol. The fourth-order valence-electron chi connectivity index (χ4n) is 4.22. The van der Waals surface area contributed by atoms with E-state index in [1.165, 1.54) is 0 Å². The largest absolute Gasteiger partial charge is 0.479 e. The lowest BCUT2D eigenvalue weighted by atomic mass is 9.81. The Morgan fingerprint density at radius 1 is 1.09 bits per heavy atom. The molecule has 2 aromatic rings. The molecule has 0 spiro atoms. The van der Waals surface area contributed by atoms with Crippen molar-refractivity contribution in [1.29, 1.82) is 0 Å². The molecule has 1 saturated heterocycles. The number of carboxylic acid groups (broad SMARTS) is 1. The van der Waals surface area contributed by atoms with E-state index in [4.69, 9.17) is 23.2 Å². The Kier molecular flexibility index (Phi) is 7.41. The highest BCUT2D eigenvalue weighted by Gasteiger charge is 2.49. The minimum atomic E-state index is -1.14. The number of para-hydroxylation sites is 2. The zero-order valence-corrected chi connectivity index (χ0v) is 20.3. The summed E-state index contributed by atoms with van der Waals surface area (Å²) in [7, 11) is 0. The molecule has 0 saturated carbocycles. The Hall–Kier alpha value is -2.24. The molecule has 2 aromatic carbocycles. The summed E-state index contributed by atoms with van der Waals surface area (Å²) in [5.41, 5.74) is 0.895. The van der Waals surface area contributed by atoms with E-state index in [1.54, 1.807) is 23.1 Å². The van der Waals surface area contributed by atoms with Gasteiger partial charge in [0.2, 0.25) is 5.91 Å². The predicted molar refractivity (Wildman–Crippen MR) is 130 cm³/mol. The standard InChI is InChI=1S/C25H30Cl2N2O3/c1-24(2,3)13-14-25(23(31)32)12-7-15-29(25)21(30)16-17-8-4-5-11-20(17)28-22-18(26)9-6-10-19(22)27/h4-6,8-11,28H,7,12-16H2,1-3H3,(H,31,32). The van der Waals surface area contributed by atoms with Crippen LogP contribution in [0.2, 0.25) is 10.0 Å². The molecule has 1 amide bonds. The maximum absolute atomic E-state index is 13.4. The average Bonchev–Trinajstić information content (AvgIpc) is 3.16. The van der Waals surface area contributed by atoms with Crippen molar-refractivity contribution in [2.75, 3.05) is 11.9 Å². The molecule has 2 N–H and O–H groups in total. The number of carboxylic acids is 1. The lowest BCUT2D eigenvalue weighted by Crippen LogP contribution is -2.54. The van der Waals surface area contributed by atoms with Crippen molar-refractivity contribution in [1.82, 2.24) is 4.90 Å². The van der Waals surface area contributed by atoms with Gasteiger partial charge in [0.1, 0.15) is 5.54 Å². The first-order valence-corrected chi connectivity index (χ1v) is 11.6. The van der Waals surface area contributed by atoms with Crippen LogP contribution in [-0.4, -0.2) is 34.0 Å². The van der Waals surface area contributed by atoms with Crippen molar-refractivity contribution >= 4 is 46.5 Å². The molecule has 0 aromatic heterocycles. The van der Waals surface area contributed by atoms with Crippen molar-refractivity contribution < 1.29 is 14.7 Å². The number of benzene rings is 2.